The maximum absolute atomic E-state index is 9.09. The Hall–Kier alpha value is -1.60. The lowest BCUT2D eigenvalue weighted by Crippen LogP contribution is -2.09. The molecule has 3 nitrogen and oxygen atoms in total. The zero-order chi connectivity index (χ0) is 13.1. The number of aromatic nitrogens is 1. The molecule has 0 saturated carbocycles. The predicted octanol–water partition coefficient (Wildman–Crippen LogP) is 4.05. The zero-order valence-corrected chi connectivity index (χ0v) is 11.6. The average Bonchev–Trinajstić information content (AvgIpc) is 2.94. The van der Waals surface area contributed by atoms with Crippen LogP contribution in [0.1, 0.15) is 24.6 Å². The van der Waals surface area contributed by atoms with E-state index < -0.39 is 0 Å². The number of thiazole rings is 1. The molecule has 1 atom stereocenters. The molecule has 94 valence electrons. The summed E-state index contributed by atoms with van der Waals surface area (Å²) in [6.45, 7) is 6.05. The van der Waals surface area contributed by atoms with Gasteiger partial charge in [-0.1, -0.05) is 13.8 Å². The van der Waals surface area contributed by atoms with Crippen LogP contribution in [-0.2, 0) is 6.42 Å². The summed E-state index contributed by atoms with van der Waals surface area (Å²) in [7, 11) is 0. The highest BCUT2D eigenvalue weighted by molar-refractivity contribution is 7.09. The Morgan fingerprint density at radius 3 is 2.78 bits per heavy atom. The van der Waals surface area contributed by atoms with Crippen molar-refractivity contribution in [2.75, 3.05) is 0 Å². The Balaban J connectivity index is 2.14. The van der Waals surface area contributed by atoms with Gasteiger partial charge >= 0.3 is 0 Å². The lowest BCUT2D eigenvalue weighted by molar-refractivity contribution is 0.473. The molecule has 0 aliphatic rings. The van der Waals surface area contributed by atoms with Crippen LogP contribution in [0.15, 0.2) is 21.9 Å². The largest absolute Gasteiger partial charge is 0.460 e. The maximum Gasteiger partial charge on any atom is 0.153 e. The van der Waals surface area contributed by atoms with Crippen LogP contribution < -0.4 is 0 Å². The van der Waals surface area contributed by atoms with Crippen LogP contribution in [0.5, 0.6) is 0 Å². The van der Waals surface area contributed by atoms with Gasteiger partial charge in [0.05, 0.1) is 17.0 Å². The first-order chi connectivity index (χ1) is 8.60. The number of aryl methyl sites for hydroxylation is 1. The minimum Gasteiger partial charge on any atom is -0.460 e. The first-order valence-electron chi connectivity index (χ1n) is 6.01. The molecule has 2 heterocycles. The highest BCUT2D eigenvalue weighted by Gasteiger charge is 2.16. The van der Waals surface area contributed by atoms with Gasteiger partial charge in [-0.3, -0.25) is 0 Å². The fourth-order valence-electron chi connectivity index (χ4n) is 1.71. The van der Waals surface area contributed by atoms with Crippen molar-refractivity contribution in [2.24, 2.45) is 11.8 Å². The van der Waals surface area contributed by atoms with E-state index in [-0.39, 0.29) is 5.92 Å². The van der Waals surface area contributed by atoms with Gasteiger partial charge in [-0.15, -0.1) is 11.3 Å². The van der Waals surface area contributed by atoms with E-state index in [1.165, 1.54) is 0 Å². The minimum absolute atomic E-state index is 0.0299. The van der Waals surface area contributed by atoms with Crippen molar-refractivity contribution in [2.45, 2.75) is 27.2 Å². The van der Waals surface area contributed by atoms with E-state index in [2.05, 4.69) is 24.9 Å². The van der Waals surface area contributed by atoms with Crippen molar-refractivity contribution in [1.82, 2.24) is 4.98 Å². The van der Waals surface area contributed by atoms with Gasteiger partial charge in [0.15, 0.2) is 5.76 Å². The average molecular weight is 260 g/mol. The van der Waals surface area contributed by atoms with E-state index in [0.29, 0.717) is 5.92 Å². The van der Waals surface area contributed by atoms with Crippen molar-refractivity contribution < 1.29 is 4.42 Å². The quantitative estimate of drug-likeness (QED) is 0.833. The van der Waals surface area contributed by atoms with Gasteiger partial charge in [0.1, 0.15) is 11.5 Å². The molecule has 4 heteroatoms. The second-order valence-corrected chi connectivity index (χ2v) is 5.66. The highest BCUT2D eigenvalue weighted by Crippen LogP contribution is 2.26. The van der Waals surface area contributed by atoms with E-state index in [0.717, 1.165) is 28.6 Å². The van der Waals surface area contributed by atoms with Crippen molar-refractivity contribution in [3.63, 3.8) is 0 Å². The van der Waals surface area contributed by atoms with Gasteiger partial charge in [0, 0.05) is 11.8 Å². The molecule has 1 unspecified atom stereocenters. The topological polar surface area (TPSA) is 49.8 Å². The number of hydrogen-bond acceptors (Lipinski definition) is 4. The first-order valence-corrected chi connectivity index (χ1v) is 6.89. The molecule has 0 aromatic carbocycles. The summed E-state index contributed by atoms with van der Waals surface area (Å²) in [6.07, 6.45) is 0.721. The second-order valence-electron chi connectivity index (χ2n) is 4.72. The van der Waals surface area contributed by atoms with Gasteiger partial charge in [-0.05, 0) is 25.0 Å². The van der Waals surface area contributed by atoms with Gasteiger partial charge in [-0.2, -0.15) is 5.26 Å². The lowest BCUT2D eigenvalue weighted by atomic mass is 9.94. The van der Waals surface area contributed by atoms with Crippen LogP contribution in [0, 0.1) is 30.1 Å². The number of rotatable bonds is 4. The molecule has 0 fully saturated rings. The third kappa shape index (κ3) is 2.80. The Kier molecular flexibility index (Phi) is 3.83. The molecule has 2 aromatic heterocycles. The van der Waals surface area contributed by atoms with Crippen LogP contribution in [0.3, 0.4) is 0 Å². The van der Waals surface area contributed by atoms with E-state index in [9.17, 15) is 0 Å². The van der Waals surface area contributed by atoms with Crippen molar-refractivity contribution in [3.05, 3.63) is 28.3 Å². The predicted molar refractivity (Wildman–Crippen MR) is 72.2 cm³/mol. The fourth-order valence-corrected chi connectivity index (χ4v) is 2.55. The van der Waals surface area contributed by atoms with Crippen molar-refractivity contribution >= 4 is 11.3 Å². The van der Waals surface area contributed by atoms with Crippen LogP contribution in [0.25, 0.3) is 11.5 Å². The number of hydrogen-bond donors (Lipinski definition) is 0. The monoisotopic (exact) mass is 260 g/mol. The number of nitrogens with zero attached hydrogens (tertiary/aromatic N) is 2. The van der Waals surface area contributed by atoms with E-state index in [4.69, 9.17) is 9.68 Å². The molecule has 0 radical (unpaired) electrons. The molecule has 2 rings (SSSR count). The third-order valence-corrected chi connectivity index (χ3v) is 3.78. The Bertz CT molecular complexity index is 562. The van der Waals surface area contributed by atoms with E-state index in [1.807, 2.05) is 24.4 Å². The van der Waals surface area contributed by atoms with Crippen molar-refractivity contribution in [3.8, 4) is 17.5 Å². The summed E-state index contributed by atoms with van der Waals surface area (Å²) >= 11 is 1.59. The highest BCUT2D eigenvalue weighted by atomic mass is 32.1. The maximum atomic E-state index is 9.09. The fraction of sp³-hybridized carbons (Fsp3) is 0.429. The lowest BCUT2D eigenvalue weighted by Gasteiger charge is -2.09. The molecule has 0 aliphatic carbocycles. The zero-order valence-electron chi connectivity index (χ0n) is 10.8. The standard InChI is InChI=1S/C14H16N2OS/c1-9(2)11(7-15)6-14-16-12(8-18-14)13-5-4-10(3)17-13/h4-5,8-9,11H,6H2,1-3H3. The molecule has 18 heavy (non-hydrogen) atoms. The molecule has 0 saturated heterocycles. The molecular weight excluding hydrogens is 244 g/mol. The summed E-state index contributed by atoms with van der Waals surface area (Å²) in [5.74, 6) is 2.07. The SMILES string of the molecule is Cc1ccc(-c2csc(CC(C#N)C(C)C)n2)o1. The second kappa shape index (κ2) is 5.36. The number of nitriles is 1. The Morgan fingerprint density at radius 2 is 2.22 bits per heavy atom. The van der Waals surface area contributed by atoms with Crippen LogP contribution in [0.2, 0.25) is 0 Å². The van der Waals surface area contributed by atoms with Gasteiger partial charge in [0.25, 0.3) is 0 Å². The Labute approximate surface area is 111 Å². The summed E-state index contributed by atoms with van der Waals surface area (Å²) in [5.41, 5.74) is 0.864. The molecular formula is C14H16N2OS. The van der Waals surface area contributed by atoms with Gasteiger partial charge in [0.2, 0.25) is 0 Å². The number of furan rings is 1. The summed E-state index contributed by atoms with van der Waals surface area (Å²) in [5, 5.41) is 12.1. The van der Waals surface area contributed by atoms with E-state index in [1.54, 1.807) is 11.3 Å². The Morgan fingerprint density at radius 1 is 1.44 bits per heavy atom. The summed E-state index contributed by atoms with van der Waals surface area (Å²) in [6, 6.07) is 6.21. The smallest absolute Gasteiger partial charge is 0.153 e. The summed E-state index contributed by atoms with van der Waals surface area (Å²) in [4.78, 5) is 4.54. The molecule has 2 aromatic rings. The van der Waals surface area contributed by atoms with Crippen molar-refractivity contribution in [1.29, 1.82) is 5.26 Å². The molecule has 0 aliphatic heterocycles. The third-order valence-electron chi connectivity index (χ3n) is 2.91. The molecule has 0 bridgehead atoms. The van der Waals surface area contributed by atoms with Gasteiger partial charge in [-0.25, -0.2) is 4.98 Å². The molecule has 0 N–H and O–H groups in total. The first kappa shape index (κ1) is 12.8. The normalized spacial score (nSPS) is 12.6. The van der Waals surface area contributed by atoms with Crippen LogP contribution >= 0.6 is 11.3 Å². The van der Waals surface area contributed by atoms with Crippen LogP contribution in [-0.4, -0.2) is 4.98 Å². The minimum atomic E-state index is 0.0299. The van der Waals surface area contributed by atoms with E-state index >= 15 is 0 Å². The molecule has 0 spiro atoms. The summed E-state index contributed by atoms with van der Waals surface area (Å²) < 4.78 is 5.54. The van der Waals surface area contributed by atoms with Crippen LogP contribution in [0.4, 0.5) is 0 Å². The van der Waals surface area contributed by atoms with Gasteiger partial charge < -0.3 is 4.42 Å². The molecule has 0 amide bonds.